The molecule has 0 spiro atoms. The molecule has 1 amide bonds. The lowest BCUT2D eigenvalue weighted by Gasteiger charge is -2.08. The standard InChI is InChI=1S/C17H16BrIN4O2/c18-12-6-11(16(24)13(19)7-12)9-20-23-17(25)15-8-14(21-22-15)10-4-2-1-3-5-10/h1-7,9,14-15,21-22,24H,8H2,(H,23,25)/b20-9+. The van der Waals surface area contributed by atoms with Crippen molar-refractivity contribution in [2.45, 2.75) is 18.5 Å². The average Bonchev–Trinajstić information content (AvgIpc) is 3.10. The van der Waals surface area contributed by atoms with Gasteiger partial charge in [0.2, 0.25) is 0 Å². The van der Waals surface area contributed by atoms with E-state index in [1.165, 1.54) is 6.21 Å². The molecule has 4 N–H and O–H groups in total. The lowest BCUT2D eigenvalue weighted by atomic mass is 10.0. The van der Waals surface area contributed by atoms with Crippen LogP contribution in [0.4, 0.5) is 0 Å². The first kappa shape index (κ1) is 18.3. The predicted octanol–water partition coefficient (Wildman–Crippen LogP) is 2.82. The first-order valence-corrected chi connectivity index (χ1v) is 9.48. The van der Waals surface area contributed by atoms with Gasteiger partial charge in [0.15, 0.2) is 0 Å². The number of halogens is 2. The van der Waals surface area contributed by atoms with Crippen LogP contribution in [0, 0.1) is 3.57 Å². The maximum Gasteiger partial charge on any atom is 0.258 e. The number of carbonyl (C=O) groups is 1. The van der Waals surface area contributed by atoms with Crippen molar-refractivity contribution in [1.29, 1.82) is 0 Å². The van der Waals surface area contributed by atoms with E-state index in [4.69, 9.17) is 0 Å². The van der Waals surface area contributed by atoms with Gasteiger partial charge in [0.25, 0.3) is 5.91 Å². The number of phenols is 1. The molecule has 0 aliphatic carbocycles. The van der Waals surface area contributed by atoms with Crippen LogP contribution in [0.1, 0.15) is 23.6 Å². The number of hydrogen-bond acceptors (Lipinski definition) is 5. The van der Waals surface area contributed by atoms with Gasteiger partial charge in [-0.15, -0.1) is 0 Å². The van der Waals surface area contributed by atoms with Gasteiger partial charge in [0, 0.05) is 16.1 Å². The van der Waals surface area contributed by atoms with Crippen LogP contribution in [0.2, 0.25) is 0 Å². The van der Waals surface area contributed by atoms with E-state index in [0.717, 1.165) is 10.0 Å². The van der Waals surface area contributed by atoms with Crippen molar-refractivity contribution in [2.24, 2.45) is 5.10 Å². The summed E-state index contributed by atoms with van der Waals surface area (Å²) in [4.78, 5) is 12.2. The van der Waals surface area contributed by atoms with Crippen LogP contribution in [0.25, 0.3) is 0 Å². The summed E-state index contributed by atoms with van der Waals surface area (Å²) in [6.07, 6.45) is 2.06. The van der Waals surface area contributed by atoms with Crippen molar-refractivity contribution in [3.8, 4) is 5.75 Å². The fraction of sp³-hybridized carbons (Fsp3) is 0.176. The Balaban J connectivity index is 1.58. The van der Waals surface area contributed by atoms with E-state index >= 15 is 0 Å². The molecule has 1 aliphatic heterocycles. The number of nitrogens with one attached hydrogen (secondary N) is 3. The van der Waals surface area contributed by atoms with Crippen LogP contribution in [-0.4, -0.2) is 23.3 Å². The van der Waals surface area contributed by atoms with Crippen molar-refractivity contribution in [3.63, 3.8) is 0 Å². The second-order valence-electron chi connectivity index (χ2n) is 5.60. The second-order valence-corrected chi connectivity index (χ2v) is 7.68. The Morgan fingerprint density at radius 3 is 2.84 bits per heavy atom. The lowest BCUT2D eigenvalue weighted by Crippen LogP contribution is -2.41. The highest BCUT2D eigenvalue weighted by atomic mass is 127. The van der Waals surface area contributed by atoms with E-state index in [1.807, 2.05) is 52.9 Å². The Morgan fingerprint density at radius 2 is 2.08 bits per heavy atom. The predicted molar refractivity (Wildman–Crippen MR) is 108 cm³/mol. The minimum atomic E-state index is -0.376. The summed E-state index contributed by atoms with van der Waals surface area (Å²) < 4.78 is 1.53. The van der Waals surface area contributed by atoms with Crippen molar-refractivity contribution in [1.82, 2.24) is 16.3 Å². The highest BCUT2D eigenvalue weighted by molar-refractivity contribution is 14.1. The number of nitrogens with zero attached hydrogens (tertiary/aromatic N) is 1. The van der Waals surface area contributed by atoms with E-state index in [1.54, 1.807) is 12.1 Å². The maximum absolute atomic E-state index is 12.2. The smallest absolute Gasteiger partial charge is 0.258 e. The average molecular weight is 515 g/mol. The summed E-state index contributed by atoms with van der Waals surface area (Å²) >= 11 is 5.40. The van der Waals surface area contributed by atoms with Gasteiger partial charge in [-0.05, 0) is 46.7 Å². The molecule has 6 nitrogen and oxygen atoms in total. The zero-order chi connectivity index (χ0) is 17.8. The molecule has 2 unspecified atom stereocenters. The van der Waals surface area contributed by atoms with Gasteiger partial charge < -0.3 is 5.11 Å². The number of amides is 1. The van der Waals surface area contributed by atoms with Gasteiger partial charge >= 0.3 is 0 Å². The lowest BCUT2D eigenvalue weighted by molar-refractivity contribution is -0.122. The molecule has 1 heterocycles. The third-order valence-electron chi connectivity index (χ3n) is 3.86. The molecule has 2 aromatic carbocycles. The molecular weight excluding hydrogens is 499 g/mol. The molecule has 0 radical (unpaired) electrons. The number of carbonyl (C=O) groups excluding carboxylic acids is 1. The van der Waals surface area contributed by atoms with Gasteiger partial charge in [0.05, 0.1) is 9.78 Å². The van der Waals surface area contributed by atoms with Crippen LogP contribution >= 0.6 is 38.5 Å². The van der Waals surface area contributed by atoms with Crippen LogP contribution in [0.5, 0.6) is 5.75 Å². The Labute approximate surface area is 167 Å². The van der Waals surface area contributed by atoms with Crippen molar-refractivity contribution in [2.75, 3.05) is 0 Å². The zero-order valence-corrected chi connectivity index (χ0v) is 16.8. The van der Waals surface area contributed by atoms with Crippen molar-refractivity contribution < 1.29 is 9.90 Å². The summed E-state index contributed by atoms with van der Waals surface area (Å²) in [7, 11) is 0. The van der Waals surface area contributed by atoms with Crippen molar-refractivity contribution in [3.05, 3.63) is 61.6 Å². The number of rotatable bonds is 4. The van der Waals surface area contributed by atoms with E-state index < -0.39 is 0 Å². The summed E-state index contributed by atoms with van der Waals surface area (Å²) in [5, 5.41) is 14.0. The second kappa shape index (κ2) is 8.26. The van der Waals surface area contributed by atoms with Gasteiger partial charge in [-0.2, -0.15) is 5.10 Å². The SMILES string of the molecule is O=C(N/N=C/c1cc(Br)cc(I)c1O)C1CC(c2ccccc2)NN1. The highest BCUT2D eigenvalue weighted by Crippen LogP contribution is 2.27. The topological polar surface area (TPSA) is 85.8 Å². The van der Waals surface area contributed by atoms with Gasteiger partial charge in [0.1, 0.15) is 11.8 Å². The minimum absolute atomic E-state index is 0.0802. The molecule has 1 aliphatic rings. The third-order valence-corrected chi connectivity index (χ3v) is 5.14. The zero-order valence-electron chi connectivity index (χ0n) is 13.0. The fourth-order valence-corrected chi connectivity index (χ4v) is 4.11. The number of hydrazine groups is 1. The molecule has 8 heteroatoms. The molecule has 1 fully saturated rings. The molecule has 130 valence electrons. The summed E-state index contributed by atoms with van der Waals surface area (Å²) in [6, 6.07) is 13.2. The van der Waals surface area contributed by atoms with E-state index in [-0.39, 0.29) is 23.7 Å². The Morgan fingerprint density at radius 1 is 1.32 bits per heavy atom. The molecule has 0 aromatic heterocycles. The molecule has 0 saturated carbocycles. The number of aromatic hydroxyl groups is 1. The van der Waals surface area contributed by atoms with E-state index in [2.05, 4.69) is 37.3 Å². The van der Waals surface area contributed by atoms with Crippen LogP contribution in [0.15, 0.2) is 52.0 Å². The maximum atomic E-state index is 12.2. The third kappa shape index (κ3) is 4.57. The minimum Gasteiger partial charge on any atom is -0.506 e. The molecular formula is C17H16BrIN4O2. The highest BCUT2D eigenvalue weighted by Gasteiger charge is 2.29. The number of phenolic OH excluding ortho intramolecular Hbond substituents is 1. The first-order valence-electron chi connectivity index (χ1n) is 7.61. The Bertz CT molecular complexity index is 801. The monoisotopic (exact) mass is 514 g/mol. The normalized spacial score (nSPS) is 20.1. The summed E-state index contributed by atoms with van der Waals surface area (Å²) in [5.74, 6) is -0.0991. The summed E-state index contributed by atoms with van der Waals surface area (Å²) in [5.41, 5.74) is 10.3. The van der Waals surface area contributed by atoms with Gasteiger partial charge in [-0.25, -0.2) is 16.3 Å². The van der Waals surface area contributed by atoms with E-state index in [9.17, 15) is 9.90 Å². The number of hydrogen-bond donors (Lipinski definition) is 4. The van der Waals surface area contributed by atoms with Gasteiger partial charge in [-0.3, -0.25) is 4.79 Å². The summed E-state index contributed by atoms with van der Waals surface area (Å²) in [6.45, 7) is 0. The molecule has 0 bridgehead atoms. The number of hydrazone groups is 1. The largest absolute Gasteiger partial charge is 0.506 e. The van der Waals surface area contributed by atoms with Crippen LogP contribution < -0.4 is 16.3 Å². The Hall–Kier alpha value is -1.49. The van der Waals surface area contributed by atoms with Crippen molar-refractivity contribution >= 4 is 50.6 Å². The molecule has 3 rings (SSSR count). The van der Waals surface area contributed by atoms with Crippen LogP contribution in [0.3, 0.4) is 0 Å². The molecule has 1 saturated heterocycles. The van der Waals surface area contributed by atoms with Gasteiger partial charge in [-0.1, -0.05) is 46.3 Å². The molecule has 2 aromatic rings. The van der Waals surface area contributed by atoms with Crippen LogP contribution in [-0.2, 0) is 4.79 Å². The molecule has 25 heavy (non-hydrogen) atoms. The molecule has 2 atom stereocenters. The fourth-order valence-electron chi connectivity index (χ4n) is 2.56. The number of benzene rings is 2. The Kier molecular flexibility index (Phi) is 6.05. The van der Waals surface area contributed by atoms with E-state index in [0.29, 0.717) is 15.6 Å². The quantitative estimate of drug-likeness (QED) is 0.287. The first-order chi connectivity index (χ1) is 12.0.